The van der Waals surface area contributed by atoms with E-state index in [1.165, 1.54) is 0 Å². The van der Waals surface area contributed by atoms with Gasteiger partial charge < -0.3 is 24.4 Å². The minimum atomic E-state index is -5.08. The number of ether oxygens (including phenoxy) is 2. The van der Waals surface area contributed by atoms with Crippen LogP contribution in [0.3, 0.4) is 0 Å². The number of rotatable bonds is 5. The summed E-state index contributed by atoms with van der Waals surface area (Å²) in [7, 11) is 0. The molecular weight excluding hydrogens is 455 g/mol. The van der Waals surface area contributed by atoms with E-state index in [0.717, 1.165) is 83.5 Å². The first-order valence-electron chi connectivity index (χ1n) is 11.7. The van der Waals surface area contributed by atoms with Crippen molar-refractivity contribution in [1.82, 2.24) is 14.8 Å². The number of carboxylic acids is 1. The number of hydrogen-bond donors (Lipinski definition) is 1. The van der Waals surface area contributed by atoms with Gasteiger partial charge in [-0.1, -0.05) is 6.07 Å². The first kappa shape index (κ1) is 26.2. The van der Waals surface area contributed by atoms with E-state index in [9.17, 15) is 18.0 Å². The summed E-state index contributed by atoms with van der Waals surface area (Å²) in [6.07, 6.45) is 4.90. The maximum atomic E-state index is 12.6. The fraction of sp³-hybridized carbons (Fsp3) is 0.696. The zero-order chi connectivity index (χ0) is 24.6. The second-order valence-corrected chi connectivity index (χ2v) is 8.87. The topological polar surface area (TPSA) is 92.2 Å². The number of aromatic nitrogens is 1. The van der Waals surface area contributed by atoms with Crippen molar-refractivity contribution in [3.8, 4) is 0 Å². The molecule has 1 aromatic rings. The standard InChI is InChI=1S/C21H31N3O3.C2HF3O2/c25-20(23-10-1-2-11-23)24-12-7-21(8-13-24)19(6-15-27-21)5-14-26-17-18-4-3-9-22-16-18;3-2(4,5)1(6)7/h3-4,9,16,19H,1-2,5-8,10-15,17H2;(H,6,7). The maximum absolute atomic E-state index is 12.6. The minimum absolute atomic E-state index is 0.0422. The summed E-state index contributed by atoms with van der Waals surface area (Å²) in [6, 6.07) is 4.22. The van der Waals surface area contributed by atoms with Gasteiger partial charge in [-0.2, -0.15) is 13.2 Å². The molecule has 1 N–H and O–H groups in total. The van der Waals surface area contributed by atoms with Crippen LogP contribution in [0.4, 0.5) is 18.0 Å². The average Bonchev–Trinajstić information content (AvgIpc) is 3.48. The number of carbonyl (C=O) groups is 2. The highest BCUT2D eigenvalue weighted by Crippen LogP contribution is 2.42. The van der Waals surface area contributed by atoms with Gasteiger partial charge in [0.15, 0.2) is 0 Å². The summed E-state index contributed by atoms with van der Waals surface area (Å²) in [5.41, 5.74) is 1.07. The van der Waals surface area contributed by atoms with Crippen molar-refractivity contribution in [2.24, 2.45) is 5.92 Å². The Hall–Kier alpha value is -2.40. The Balaban J connectivity index is 0.000000406. The second-order valence-electron chi connectivity index (χ2n) is 8.87. The molecule has 3 saturated heterocycles. The number of alkyl halides is 3. The zero-order valence-corrected chi connectivity index (χ0v) is 19.1. The Kier molecular flexibility index (Phi) is 9.12. The Morgan fingerprint density at radius 1 is 1.18 bits per heavy atom. The molecule has 0 bridgehead atoms. The van der Waals surface area contributed by atoms with E-state index >= 15 is 0 Å². The van der Waals surface area contributed by atoms with Crippen molar-refractivity contribution in [3.05, 3.63) is 30.1 Å². The molecule has 3 aliphatic rings. The first-order chi connectivity index (χ1) is 16.2. The number of carbonyl (C=O) groups excluding carboxylic acids is 1. The Morgan fingerprint density at radius 2 is 1.82 bits per heavy atom. The summed E-state index contributed by atoms with van der Waals surface area (Å²) in [4.78, 5) is 29.7. The Labute approximate surface area is 197 Å². The third kappa shape index (κ3) is 7.05. The lowest BCUT2D eigenvalue weighted by Crippen LogP contribution is -2.52. The predicted octanol–water partition coefficient (Wildman–Crippen LogP) is 3.71. The normalized spacial score (nSPS) is 21.9. The van der Waals surface area contributed by atoms with Gasteiger partial charge in [-0.3, -0.25) is 4.98 Å². The van der Waals surface area contributed by atoms with Crippen LogP contribution in [0, 0.1) is 5.92 Å². The van der Waals surface area contributed by atoms with Crippen LogP contribution in [0.2, 0.25) is 0 Å². The number of aliphatic carboxylic acids is 1. The van der Waals surface area contributed by atoms with Crippen LogP contribution >= 0.6 is 0 Å². The number of amides is 2. The van der Waals surface area contributed by atoms with Gasteiger partial charge in [-0.25, -0.2) is 9.59 Å². The lowest BCUT2D eigenvalue weighted by molar-refractivity contribution is -0.192. The highest BCUT2D eigenvalue weighted by molar-refractivity contribution is 5.75. The summed E-state index contributed by atoms with van der Waals surface area (Å²) < 4.78 is 43.9. The van der Waals surface area contributed by atoms with Gasteiger partial charge >= 0.3 is 18.2 Å². The highest BCUT2D eigenvalue weighted by atomic mass is 19.4. The molecule has 0 aromatic carbocycles. The molecule has 190 valence electrons. The molecule has 1 atom stereocenters. The van der Waals surface area contributed by atoms with Crippen molar-refractivity contribution in [3.63, 3.8) is 0 Å². The van der Waals surface area contributed by atoms with E-state index in [0.29, 0.717) is 12.5 Å². The van der Waals surface area contributed by atoms with Crippen LogP contribution in [0.15, 0.2) is 24.5 Å². The quantitative estimate of drug-likeness (QED) is 0.637. The number of piperidine rings is 1. The Bertz CT molecular complexity index is 795. The van der Waals surface area contributed by atoms with Crippen molar-refractivity contribution >= 4 is 12.0 Å². The van der Waals surface area contributed by atoms with Gasteiger partial charge in [0.1, 0.15) is 0 Å². The van der Waals surface area contributed by atoms with Gasteiger partial charge in [0.2, 0.25) is 0 Å². The van der Waals surface area contributed by atoms with Crippen molar-refractivity contribution in [2.45, 2.75) is 56.9 Å². The third-order valence-electron chi connectivity index (χ3n) is 6.70. The number of likely N-dealkylation sites (tertiary alicyclic amines) is 2. The van der Waals surface area contributed by atoms with Crippen molar-refractivity contribution in [2.75, 3.05) is 39.4 Å². The van der Waals surface area contributed by atoms with Gasteiger partial charge in [0.05, 0.1) is 12.2 Å². The maximum Gasteiger partial charge on any atom is 0.490 e. The molecule has 8 nitrogen and oxygen atoms in total. The summed E-state index contributed by atoms with van der Waals surface area (Å²) in [5, 5.41) is 7.12. The van der Waals surface area contributed by atoms with Crippen LogP contribution < -0.4 is 0 Å². The number of urea groups is 1. The largest absolute Gasteiger partial charge is 0.490 e. The second kappa shape index (κ2) is 11.8. The molecule has 1 aromatic heterocycles. The molecule has 0 saturated carbocycles. The van der Waals surface area contributed by atoms with Crippen LogP contribution in [0.1, 0.15) is 44.1 Å². The molecule has 0 aliphatic carbocycles. The SMILES string of the molecule is O=C(N1CCCC1)N1CCC2(CC1)OCCC2CCOCc1cccnc1.O=C(O)C(F)(F)F. The van der Waals surface area contributed by atoms with E-state index in [1.54, 1.807) is 6.20 Å². The fourth-order valence-corrected chi connectivity index (χ4v) is 4.83. The summed E-state index contributed by atoms with van der Waals surface area (Å²) >= 11 is 0. The summed E-state index contributed by atoms with van der Waals surface area (Å²) in [6.45, 7) is 5.70. The molecule has 1 spiro atoms. The molecular formula is C23H32F3N3O5. The highest BCUT2D eigenvalue weighted by Gasteiger charge is 2.46. The molecule has 4 heterocycles. The first-order valence-corrected chi connectivity index (χ1v) is 11.7. The molecule has 3 fully saturated rings. The molecule has 3 aliphatic heterocycles. The van der Waals surface area contributed by atoms with Crippen LogP contribution in [-0.4, -0.2) is 83.1 Å². The van der Waals surface area contributed by atoms with E-state index in [2.05, 4.69) is 4.98 Å². The molecule has 4 rings (SSSR count). The monoisotopic (exact) mass is 487 g/mol. The molecule has 1 unspecified atom stereocenters. The lowest BCUT2D eigenvalue weighted by atomic mass is 9.78. The van der Waals surface area contributed by atoms with Gasteiger partial charge in [0, 0.05) is 51.8 Å². The Morgan fingerprint density at radius 3 is 2.41 bits per heavy atom. The lowest BCUT2D eigenvalue weighted by Gasteiger charge is -2.43. The number of carboxylic acid groups (broad SMARTS) is 1. The van der Waals surface area contributed by atoms with Crippen LogP contribution in [0.5, 0.6) is 0 Å². The van der Waals surface area contributed by atoms with E-state index in [-0.39, 0.29) is 11.6 Å². The van der Waals surface area contributed by atoms with Gasteiger partial charge in [0.25, 0.3) is 0 Å². The predicted molar refractivity (Wildman–Crippen MR) is 116 cm³/mol. The number of hydrogen-bond acceptors (Lipinski definition) is 5. The van der Waals surface area contributed by atoms with E-state index < -0.39 is 12.1 Å². The number of nitrogens with zero attached hydrogens (tertiary/aromatic N) is 3. The molecule has 11 heteroatoms. The fourth-order valence-electron chi connectivity index (χ4n) is 4.83. The molecule has 2 amide bonds. The van der Waals surface area contributed by atoms with Crippen molar-refractivity contribution in [1.29, 1.82) is 0 Å². The van der Waals surface area contributed by atoms with Crippen LogP contribution in [0.25, 0.3) is 0 Å². The van der Waals surface area contributed by atoms with Gasteiger partial charge in [-0.05, 0) is 56.1 Å². The third-order valence-corrected chi connectivity index (χ3v) is 6.70. The van der Waals surface area contributed by atoms with Crippen molar-refractivity contribution < 1.29 is 37.3 Å². The molecule has 0 radical (unpaired) electrons. The summed E-state index contributed by atoms with van der Waals surface area (Å²) in [5.74, 6) is -2.22. The number of pyridine rings is 1. The molecule has 34 heavy (non-hydrogen) atoms. The van der Waals surface area contributed by atoms with E-state index in [1.807, 2.05) is 28.1 Å². The zero-order valence-electron chi connectivity index (χ0n) is 19.1. The van der Waals surface area contributed by atoms with E-state index in [4.69, 9.17) is 19.4 Å². The van der Waals surface area contributed by atoms with Crippen LogP contribution in [-0.2, 0) is 20.9 Å². The van der Waals surface area contributed by atoms with Gasteiger partial charge in [-0.15, -0.1) is 0 Å². The smallest absolute Gasteiger partial charge is 0.475 e. The number of halogens is 3. The average molecular weight is 488 g/mol. The minimum Gasteiger partial charge on any atom is -0.475 e.